The minimum absolute atomic E-state index is 0.105. The number of imidazole rings is 1. The molecule has 1 amide bonds. The Kier molecular flexibility index (Phi) is 5.76. The van der Waals surface area contributed by atoms with Gasteiger partial charge in [0.2, 0.25) is 5.95 Å². The molecule has 2 aromatic carbocycles. The van der Waals surface area contributed by atoms with Crippen LogP contribution in [0.3, 0.4) is 0 Å². The molecule has 1 aromatic heterocycles. The van der Waals surface area contributed by atoms with Crippen molar-refractivity contribution in [3.8, 4) is 0 Å². The number of phosphoric ester groups is 1. The van der Waals surface area contributed by atoms with Gasteiger partial charge in [0.25, 0.3) is 0 Å². The number of methoxy groups -OCH3 is 1. The summed E-state index contributed by atoms with van der Waals surface area (Å²) in [6.07, 6.45) is -0.861. The number of carbonyl (C=O) groups excluding carboxylic acids is 2. The fourth-order valence-corrected chi connectivity index (χ4v) is 2.81. The number of anilines is 1. The van der Waals surface area contributed by atoms with Crippen molar-refractivity contribution < 1.29 is 37.6 Å². The molecule has 3 rings (SSSR count). The predicted octanol–water partition coefficient (Wildman–Crippen LogP) is 2.65. The van der Waals surface area contributed by atoms with Crippen LogP contribution in [0.1, 0.15) is 15.9 Å². The van der Waals surface area contributed by atoms with Crippen LogP contribution in [0.15, 0.2) is 42.5 Å². The second kappa shape index (κ2) is 8.10. The molecule has 0 aliphatic carbocycles. The third kappa shape index (κ3) is 4.84. The van der Waals surface area contributed by atoms with Gasteiger partial charge >= 0.3 is 13.9 Å². The summed E-state index contributed by atoms with van der Waals surface area (Å²) < 4.78 is 34.3. The van der Waals surface area contributed by atoms with E-state index in [1.54, 1.807) is 0 Å². The zero-order chi connectivity index (χ0) is 21.2. The number of phosphoric acid groups is 1. The van der Waals surface area contributed by atoms with Crippen LogP contribution in [0, 0.1) is 5.82 Å². The van der Waals surface area contributed by atoms with Gasteiger partial charge in [0.15, 0.2) is 5.78 Å². The summed E-state index contributed by atoms with van der Waals surface area (Å²) in [5.41, 5.74) is 1.09. The Morgan fingerprint density at radius 3 is 2.45 bits per heavy atom. The first kappa shape index (κ1) is 20.6. The van der Waals surface area contributed by atoms with E-state index in [0.717, 1.165) is 19.2 Å². The standard InChI is InChI=1S/C17H15FN3O7P/c1-27-17(23)20-16-19-13-8-11(15(22)10-2-5-12(18)6-3-10)4-7-14(13)21(16)9-28-29(24,25)26/h2-8H,9H2,1H3,(H,19,20,23)(H2,24,25,26). The van der Waals surface area contributed by atoms with Gasteiger partial charge in [0, 0.05) is 11.1 Å². The molecule has 0 spiro atoms. The van der Waals surface area contributed by atoms with Crippen molar-refractivity contribution in [1.29, 1.82) is 0 Å². The van der Waals surface area contributed by atoms with Gasteiger partial charge in [-0.25, -0.2) is 18.7 Å². The lowest BCUT2D eigenvalue weighted by molar-refractivity contribution is 0.103. The first-order valence-electron chi connectivity index (χ1n) is 8.03. The fraction of sp³-hybridized carbons (Fsp3) is 0.118. The zero-order valence-corrected chi connectivity index (χ0v) is 15.8. The fourth-order valence-electron chi connectivity index (χ4n) is 2.54. The van der Waals surface area contributed by atoms with E-state index in [4.69, 9.17) is 9.79 Å². The lowest BCUT2D eigenvalue weighted by Gasteiger charge is -2.10. The number of rotatable bonds is 6. The van der Waals surface area contributed by atoms with Gasteiger partial charge in [-0.2, -0.15) is 0 Å². The summed E-state index contributed by atoms with van der Waals surface area (Å²) >= 11 is 0. The highest BCUT2D eigenvalue weighted by molar-refractivity contribution is 7.46. The van der Waals surface area contributed by atoms with Crippen LogP contribution in [0.2, 0.25) is 0 Å². The van der Waals surface area contributed by atoms with E-state index >= 15 is 0 Å². The van der Waals surface area contributed by atoms with Gasteiger partial charge in [-0.1, -0.05) is 0 Å². The quantitative estimate of drug-likeness (QED) is 0.406. The van der Waals surface area contributed by atoms with Crippen molar-refractivity contribution >= 4 is 36.7 Å². The van der Waals surface area contributed by atoms with Gasteiger partial charge in [0.05, 0.1) is 18.1 Å². The number of fused-ring (bicyclic) bond motifs is 1. The van der Waals surface area contributed by atoms with Crippen LogP contribution in [0.25, 0.3) is 11.0 Å². The number of amides is 1. The molecule has 0 atom stereocenters. The minimum atomic E-state index is -4.79. The maximum atomic E-state index is 13.1. The number of hydrogen-bond donors (Lipinski definition) is 3. The monoisotopic (exact) mass is 423 g/mol. The predicted molar refractivity (Wildman–Crippen MR) is 98.7 cm³/mol. The van der Waals surface area contributed by atoms with Crippen LogP contribution >= 0.6 is 7.82 Å². The zero-order valence-electron chi connectivity index (χ0n) is 14.9. The number of aromatic nitrogens is 2. The second-order valence-electron chi connectivity index (χ2n) is 5.77. The van der Waals surface area contributed by atoms with Crippen LogP contribution in [-0.4, -0.2) is 38.3 Å². The Bertz CT molecular complexity index is 1120. The Labute approximate surface area is 163 Å². The van der Waals surface area contributed by atoms with E-state index in [0.29, 0.717) is 5.52 Å². The van der Waals surface area contributed by atoms with E-state index < -0.39 is 26.5 Å². The minimum Gasteiger partial charge on any atom is -0.453 e. The smallest absolute Gasteiger partial charge is 0.453 e. The van der Waals surface area contributed by atoms with Gasteiger partial charge in [0.1, 0.15) is 12.5 Å². The van der Waals surface area contributed by atoms with Gasteiger partial charge in [-0.3, -0.25) is 19.2 Å². The molecule has 1 heterocycles. The number of halogens is 1. The van der Waals surface area contributed by atoms with E-state index in [1.165, 1.54) is 34.9 Å². The molecule has 152 valence electrons. The van der Waals surface area contributed by atoms with Crippen molar-refractivity contribution in [2.24, 2.45) is 0 Å². The lowest BCUT2D eigenvalue weighted by Crippen LogP contribution is -2.16. The third-order valence-corrected chi connectivity index (χ3v) is 4.32. The van der Waals surface area contributed by atoms with Crippen molar-refractivity contribution in [1.82, 2.24) is 9.55 Å². The van der Waals surface area contributed by atoms with Crippen LogP contribution < -0.4 is 5.32 Å². The van der Waals surface area contributed by atoms with Crippen molar-refractivity contribution in [2.45, 2.75) is 6.73 Å². The highest BCUT2D eigenvalue weighted by Crippen LogP contribution is 2.37. The summed E-state index contributed by atoms with van der Waals surface area (Å²) in [4.78, 5) is 46.2. The topological polar surface area (TPSA) is 140 Å². The van der Waals surface area contributed by atoms with Crippen molar-refractivity contribution in [3.05, 3.63) is 59.4 Å². The van der Waals surface area contributed by atoms with Crippen LogP contribution in [-0.2, 0) is 20.6 Å². The Hall–Kier alpha value is -3.11. The van der Waals surface area contributed by atoms with E-state index in [1.807, 2.05) is 0 Å². The summed E-state index contributed by atoms with van der Waals surface area (Å²) in [6.45, 7) is -0.620. The average molecular weight is 423 g/mol. The first-order valence-corrected chi connectivity index (χ1v) is 9.56. The molecule has 0 unspecified atom stereocenters. The normalized spacial score (nSPS) is 11.4. The van der Waals surface area contributed by atoms with Gasteiger partial charge < -0.3 is 14.5 Å². The Morgan fingerprint density at radius 1 is 1.17 bits per heavy atom. The number of benzene rings is 2. The average Bonchev–Trinajstić information content (AvgIpc) is 3.01. The van der Waals surface area contributed by atoms with Crippen molar-refractivity contribution in [2.75, 3.05) is 12.4 Å². The Morgan fingerprint density at radius 2 is 1.83 bits per heavy atom. The van der Waals surface area contributed by atoms with E-state index in [9.17, 15) is 18.5 Å². The Balaban J connectivity index is 2.01. The van der Waals surface area contributed by atoms with Gasteiger partial charge in [-0.15, -0.1) is 0 Å². The third-order valence-electron chi connectivity index (χ3n) is 3.87. The summed E-state index contributed by atoms with van der Waals surface area (Å²) in [5, 5.41) is 2.30. The highest BCUT2D eigenvalue weighted by Gasteiger charge is 2.20. The van der Waals surface area contributed by atoms with Crippen LogP contribution in [0.4, 0.5) is 15.1 Å². The molecule has 0 aliphatic rings. The molecule has 0 bridgehead atoms. The number of nitrogens with zero attached hydrogens (tertiary/aromatic N) is 2. The molecule has 29 heavy (non-hydrogen) atoms. The molecule has 0 fully saturated rings. The first-order chi connectivity index (χ1) is 13.7. The van der Waals surface area contributed by atoms with Crippen LogP contribution in [0.5, 0.6) is 0 Å². The molecular formula is C17H15FN3O7P. The van der Waals surface area contributed by atoms with E-state index in [-0.39, 0.29) is 28.4 Å². The van der Waals surface area contributed by atoms with Gasteiger partial charge in [-0.05, 0) is 42.5 Å². The summed E-state index contributed by atoms with van der Waals surface area (Å²) in [5.74, 6) is -0.957. The highest BCUT2D eigenvalue weighted by atomic mass is 31.2. The number of hydrogen-bond acceptors (Lipinski definition) is 6. The maximum Gasteiger partial charge on any atom is 0.471 e. The molecular weight excluding hydrogens is 408 g/mol. The molecule has 3 N–H and O–H groups in total. The lowest BCUT2D eigenvalue weighted by atomic mass is 10.0. The molecule has 0 aliphatic heterocycles. The SMILES string of the molecule is COC(=O)Nc1nc2cc(C(=O)c3ccc(F)cc3)ccc2n1COP(=O)(O)O. The van der Waals surface area contributed by atoms with E-state index in [2.05, 4.69) is 19.6 Å². The largest absolute Gasteiger partial charge is 0.471 e. The molecule has 0 saturated carbocycles. The molecule has 0 saturated heterocycles. The summed E-state index contributed by atoms with van der Waals surface area (Å²) in [6, 6.07) is 9.39. The summed E-state index contributed by atoms with van der Waals surface area (Å²) in [7, 11) is -3.66. The number of ketones is 1. The maximum absolute atomic E-state index is 13.1. The molecule has 3 aromatic rings. The number of nitrogens with one attached hydrogen (secondary N) is 1. The number of ether oxygens (including phenoxy) is 1. The number of carbonyl (C=O) groups is 2. The molecule has 12 heteroatoms. The van der Waals surface area contributed by atoms with Crippen molar-refractivity contribution in [3.63, 3.8) is 0 Å². The molecule has 10 nitrogen and oxygen atoms in total. The second-order valence-corrected chi connectivity index (χ2v) is 7.01. The molecule has 0 radical (unpaired) electrons.